The number of carbonyl (C=O) groups is 1. The topological polar surface area (TPSA) is 47.3 Å². The van der Waals surface area contributed by atoms with Crippen LogP contribution in [0.3, 0.4) is 0 Å². The van der Waals surface area contributed by atoms with Gasteiger partial charge in [-0.3, -0.25) is 4.79 Å². The Bertz CT molecular complexity index is 290. The summed E-state index contributed by atoms with van der Waals surface area (Å²) in [4.78, 5) is 15.8. The van der Waals surface area contributed by atoms with Crippen molar-refractivity contribution >= 4 is 5.91 Å². The van der Waals surface area contributed by atoms with E-state index >= 15 is 0 Å². The number of amides is 1. The van der Waals surface area contributed by atoms with Gasteiger partial charge in [0.15, 0.2) is 0 Å². The van der Waals surface area contributed by atoms with Crippen molar-refractivity contribution in [2.24, 2.45) is 5.92 Å². The summed E-state index contributed by atoms with van der Waals surface area (Å²) in [5, 5.41) is 8.80. The van der Waals surface area contributed by atoms with Gasteiger partial charge in [-0.25, -0.2) is 0 Å². The van der Waals surface area contributed by atoms with Crippen molar-refractivity contribution in [1.82, 2.24) is 9.80 Å². The minimum atomic E-state index is 0.0790. The molecule has 0 bridgehead atoms. The second-order valence-corrected chi connectivity index (χ2v) is 4.94. The number of nitrogens with zero attached hydrogens (tertiary/aromatic N) is 3. The van der Waals surface area contributed by atoms with Crippen molar-refractivity contribution in [3.63, 3.8) is 0 Å². The van der Waals surface area contributed by atoms with Crippen molar-refractivity contribution in [3.8, 4) is 6.07 Å². The molecule has 1 unspecified atom stereocenters. The van der Waals surface area contributed by atoms with Crippen LogP contribution in [0.4, 0.5) is 0 Å². The minimum absolute atomic E-state index is 0.0790. The Kier molecular flexibility index (Phi) is 5.43. The summed E-state index contributed by atoms with van der Waals surface area (Å²) in [7, 11) is 2.08. The molecular formula is C13H23N3O. The molecule has 17 heavy (non-hydrogen) atoms. The molecule has 4 heteroatoms. The molecule has 0 N–H and O–H groups in total. The van der Waals surface area contributed by atoms with E-state index in [-0.39, 0.29) is 11.8 Å². The van der Waals surface area contributed by atoms with Crippen molar-refractivity contribution in [3.05, 3.63) is 0 Å². The van der Waals surface area contributed by atoms with Gasteiger partial charge in [-0.15, -0.1) is 0 Å². The zero-order valence-corrected chi connectivity index (χ0v) is 11.1. The molecule has 1 saturated heterocycles. The molecule has 1 amide bonds. The average Bonchev–Trinajstić information content (AvgIpc) is 2.37. The Morgan fingerprint density at radius 2 is 2.12 bits per heavy atom. The molecule has 1 fully saturated rings. The molecule has 0 saturated carbocycles. The fourth-order valence-electron chi connectivity index (χ4n) is 2.40. The second kappa shape index (κ2) is 6.61. The first-order valence-corrected chi connectivity index (χ1v) is 6.46. The molecule has 1 rings (SSSR count). The second-order valence-electron chi connectivity index (χ2n) is 4.94. The van der Waals surface area contributed by atoms with Crippen molar-refractivity contribution in [2.45, 2.75) is 39.2 Å². The van der Waals surface area contributed by atoms with Crippen LogP contribution in [0.5, 0.6) is 0 Å². The van der Waals surface area contributed by atoms with Crippen LogP contribution in [0.25, 0.3) is 0 Å². The van der Waals surface area contributed by atoms with E-state index in [9.17, 15) is 4.79 Å². The van der Waals surface area contributed by atoms with Crippen molar-refractivity contribution in [1.29, 1.82) is 5.26 Å². The van der Waals surface area contributed by atoms with Gasteiger partial charge in [-0.05, 0) is 26.8 Å². The normalized spacial score (nSPS) is 19.1. The summed E-state index contributed by atoms with van der Waals surface area (Å²) in [6.45, 7) is 6.41. The minimum Gasteiger partial charge on any atom is -0.343 e. The number of piperidine rings is 1. The lowest BCUT2D eigenvalue weighted by molar-refractivity contribution is -0.132. The van der Waals surface area contributed by atoms with Gasteiger partial charge in [0.25, 0.3) is 0 Å². The third kappa shape index (κ3) is 4.01. The van der Waals surface area contributed by atoms with Gasteiger partial charge in [0.05, 0.1) is 12.0 Å². The monoisotopic (exact) mass is 237 g/mol. The van der Waals surface area contributed by atoms with E-state index in [4.69, 9.17) is 5.26 Å². The summed E-state index contributed by atoms with van der Waals surface area (Å²) in [5.41, 5.74) is 0. The van der Waals surface area contributed by atoms with E-state index < -0.39 is 0 Å². The third-order valence-corrected chi connectivity index (χ3v) is 3.53. The van der Waals surface area contributed by atoms with Gasteiger partial charge in [0.1, 0.15) is 0 Å². The van der Waals surface area contributed by atoms with E-state index in [1.807, 2.05) is 18.7 Å². The van der Waals surface area contributed by atoms with E-state index in [0.29, 0.717) is 12.5 Å². The Hall–Kier alpha value is -1.08. The number of hydrogen-bond donors (Lipinski definition) is 0. The molecule has 1 atom stereocenters. The van der Waals surface area contributed by atoms with Gasteiger partial charge in [0.2, 0.25) is 5.91 Å². The van der Waals surface area contributed by atoms with Gasteiger partial charge in [-0.1, -0.05) is 6.92 Å². The lowest BCUT2D eigenvalue weighted by Crippen LogP contribution is -2.46. The SMILES string of the molecule is CCC(=O)N1CCC(N(C)CC(C)C#N)CC1. The van der Waals surface area contributed by atoms with Gasteiger partial charge >= 0.3 is 0 Å². The first-order valence-electron chi connectivity index (χ1n) is 6.46. The van der Waals surface area contributed by atoms with Gasteiger partial charge < -0.3 is 9.80 Å². The van der Waals surface area contributed by atoms with Gasteiger partial charge in [-0.2, -0.15) is 5.26 Å². The summed E-state index contributed by atoms with van der Waals surface area (Å²) < 4.78 is 0. The summed E-state index contributed by atoms with van der Waals surface area (Å²) in [6.07, 6.45) is 2.66. The van der Waals surface area contributed by atoms with Crippen LogP contribution >= 0.6 is 0 Å². The largest absolute Gasteiger partial charge is 0.343 e. The lowest BCUT2D eigenvalue weighted by atomic mass is 10.0. The molecule has 1 aliphatic rings. The number of likely N-dealkylation sites (tertiary alicyclic amines) is 1. The number of carbonyl (C=O) groups excluding carboxylic acids is 1. The molecule has 1 aliphatic heterocycles. The highest BCUT2D eigenvalue weighted by molar-refractivity contribution is 5.75. The third-order valence-electron chi connectivity index (χ3n) is 3.53. The van der Waals surface area contributed by atoms with E-state index in [2.05, 4.69) is 18.0 Å². The van der Waals surface area contributed by atoms with E-state index in [0.717, 1.165) is 32.5 Å². The first kappa shape index (κ1) is 14.0. The molecule has 0 aliphatic carbocycles. The molecule has 0 aromatic rings. The smallest absolute Gasteiger partial charge is 0.222 e. The fraction of sp³-hybridized carbons (Fsp3) is 0.846. The predicted octanol–water partition coefficient (Wildman–Crippen LogP) is 1.48. The fourth-order valence-corrected chi connectivity index (χ4v) is 2.40. The zero-order chi connectivity index (χ0) is 12.8. The standard InChI is InChI=1S/C13H23N3O/c1-4-13(17)16-7-5-12(6-8-16)15(3)10-11(2)9-14/h11-12H,4-8,10H2,1-3H3. The molecule has 0 spiro atoms. The molecule has 0 radical (unpaired) electrons. The maximum absolute atomic E-state index is 11.5. The van der Waals surface area contributed by atoms with Crippen LogP contribution in [0.2, 0.25) is 0 Å². The van der Waals surface area contributed by atoms with Crippen LogP contribution in [-0.2, 0) is 4.79 Å². The molecular weight excluding hydrogens is 214 g/mol. The van der Waals surface area contributed by atoms with Gasteiger partial charge in [0, 0.05) is 32.1 Å². The molecule has 0 aromatic heterocycles. The maximum atomic E-state index is 11.5. The highest BCUT2D eigenvalue weighted by Crippen LogP contribution is 2.16. The van der Waals surface area contributed by atoms with Crippen LogP contribution in [0.1, 0.15) is 33.1 Å². The Labute approximate surface area is 104 Å². The number of nitriles is 1. The quantitative estimate of drug-likeness (QED) is 0.744. The van der Waals surface area contributed by atoms with Crippen LogP contribution in [-0.4, -0.2) is 48.4 Å². The first-order chi connectivity index (χ1) is 8.08. The molecule has 0 aromatic carbocycles. The van der Waals surface area contributed by atoms with E-state index in [1.165, 1.54) is 0 Å². The predicted molar refractivity (Wildman–Crippen MR) is 67.3 cm³/mol. The Morgan fingerprint density at radius 1 is 1.53 bits per heavy atom. The zero-order valence-electron chi connectivity index (χ0n) is 11.1. The van der Waals surface area contributed by atoms with Crippen molar-refractivity contribution < 1.29 is 4.79 Å². The average molecular weight is 237 g/mol. The highest BCUT2D eigenvalue weighted by atomic mass is 16.2. The number of hydrogen-bond acceptors (Lipinski definition) is 3. The lowest BCUT2D eigenvalue weighted by Gasteiger charge is -2.37. The summed E-state index contributed by atoms with van der Waals surface area (Å²) in [5.74, 6) is 0.340. The van der Waals surface area contributed by atoms with Crippen molar-refractivity contribution in [2.75, 3.05) is 26.7 Å². The molecule has 4 nitrogen and oxygen atoms in total. The summed E-state index contributed by atoms with van der Waals surface area (Å²) in [6, 6.07) is 2.78. The molecule has 96 valence electrons. The highest BCUT2D eigenvalue weighted by Gasteiger charge is 2.24. The number of rotatable bonds is 4. The maximum Gasteiger partial charge on any atom is 0.222 e. The Balaban J connectivity index is 2.36. The van der Waals surface area contributed by atoms with Crippen LogP contribution < -0.4 is 0 Å². The Morgan fingerprint density at radius 3 is 2.59 bits per heavy atom. The van der Waals surface area contributed by atoms with E-state index in [1.54, 1.807) is 0 Å². The summed E-state index contributed by atoms with van der Waals surface area (Å²) >= 11 is 0. The van der Waals surface area contributed by atoms with Crippen LogP contribution in [0.15, 0.2) is 0 Å². The molecule has 1 heterocycles. The van der Waals surface area contributed by atoms with Crippen LogP contribution in [0, 0.1) is 17.2 Å².